The molecule has 2 heterocycles. The molecule has 0 saturated carbocycles. The third-order valence-corrected chi connectivity index (χ3v) is 5.07. The van der Waals surface area contributed by atoms with E-state index in [-0.39, 0.29) is 0 Å². The van der Waals surface area contributed by atoms with Gasteiger partial charge in [0, 0.05) is 5.38 Å². The minimum absolute atomic E-state index is 0.708. The molecule has 2 rings (SSSR count). The summed E-state index contributed by atoms with van der Waals surface area (Å²) >= 11 is 3.96. The maximum atomic E-state index is 4.72. The first-order chi connectivity index (χ1) is 6.90. The van der Waals surface area contributed by atoms with Crippen LogP contribution in [0.3, 0.4) is 0 Å². The second-order valence-electron chi connectivity index (χ2n) is 3.78. The standard InChI is InChI=1S/C11H17NS2/c1-2-5-9-8-14-11(12-9)10-6-3-4-7-13-10/h8,10H,2-7H2,1H3. The molecule has 0 aliphatic carbocycles. The van der Waals surface area contributed by atoms with Gasteiger partial charge in [-0.25, -0.2) is 4.98 Å². The number of thiazole rings is 1. The van der Waals surface area contributed by atoms with Gasteiger partial charge in [-0.3, -0.25) is 0 Å². The van der Waals surface area contributed by atoms with Crippen molar-refractivity contribution in [3.05, 3.63) is 16.1 Å². The van der Waals surface area contributed by atoms with Crippen molar-refractivity contribution in [3.8, 4) is 0 Å². The van der Waals surface area contributed by atoms with Gasteiger partial charge in [0.05, 0.1) is 10.9 Å². The summed E-state index contributed by atoms with van der Waals surface area (Å²) in [4.78, 5) is 4.72. The Hall–Kier alpha value is -0.0200. The molecular formula is C11H17NS2. The van der Waals surface area contributed by atoms with E-state index >= 15 is 0 Å². The number of rotatable bonds is 3. The Morgan fingerprint density at radius 2 is 2.43 bits per heavy atom. The van der Waals surface area contributed by atoms with Gasteiger partial charge in [0.2, 0.25) is 0 Å². The Bertz CT molecular complexity index is 277. The van der Waals surface area contributed by atoms with E-state index in [4.69, 9.17) is 4.98 Å². The van der Waals surface area contributed by atoms with E-state index in [2.05, 4.69) is 24.1 Å². The Kier molecular flexibility index (Phi) is 3.88. The van der Waals surface area contributed by atoms with Gasteiger partial charge < -0.3 is 0 Å². The molecule has 1 aromatic rings. The largest absolute Gasteiger partial charge is 0.245 e. The molecule has 1 atom stereocenters. The van der Waals surface area contributed by atoms with Gasteiger partial charge in [0.1, 0.15) is 5.01 Å². The van der Waals surface area contributed by atoms with Crippen LogP contribution in [0, 0.1) is 0 Å². The molecule has 0 amide bonds. The topological polar surface area (TPSA) is 12.9 Å². The maximum absolute atomic E-state index is 4.72. The van der Waals surface area contributed by atoms with Crippen LogP contribution < -0.4 is 0 Å². The van der Waals surface area contributed by atoms with Crippen LogP contribution >= 0.6 is 23.1 Å². The van der Waals surface area contributed by atoms with Gasteiger partial charge in [-0.1, -0.05) is 19.8 Å². The highest BCUT2D eigenvalue weighted by Crippen LogP contribution is 2.39. The van der Waals surface area contributed by atoms with Crippen molar-refractivity contribution in [2.45, 2.75) is 44.3 Å². The molecule has 0 N–H and O–H groups in total. The summed E-state index contributed by atoms with van der Waals surface area (Å²) in [5.74, 6) is 1.33. The van der Waals surface area contributed by atoms with Crippen LogP contribution in [0.2, 0.25) is 0 Å². The predicted octanol–water partition coefficient (Wildman–Crippen LogP) is 4.05. The molecule has 1 aromatic heterocycles. The van der Waals surface area contributed by atoms with E-state index < -0.39 is 0 Å². The van der Waals surface area contributed by atoms with Crippen molar-refractivity contribution in [2.24, 2.45) is 0 Å². The smallest absolute Gasteiger partial charge is 0.106 e. The highest BCUT2D eigenvalue weighted by atomic mass is 32.2. The molecule has 0 aromatic carbocycles. The maximum Gasteiger partial charge on any atom is 0.106 e. The van der Waals surface area contributed by atoms with E-state index in [9.17, 15) is 0 Å². The lowest BCUT2D eigenvalue weighted by molar-refractivity contribution is 0.681. The minimum atomic E-state index is 0.708. The van der Waals surface area contributed by atoms with Crippen LogP contribution in [-0.4, -0.2) is 10.7 Å². The zero-order valence-corrected chi connectivity index (χ0v) is 10.3. The van der Waals surface area contributed by atoms with E-state index in [1.54, 1.807) is 0 Å². The highest BCUT2D eigenvalue weighted by molar-refractivity contribution is 7.99. The van der Waals surface area contributed by atoms with Crippen LogP contribution in [0.4, 0.5) is 0 Å². The van der Waals surface area contributed by atoms with Crippen molar-refractivity contribution >= 4 is 23.1 Å². The van der Waals surface area contributed by atoms with E-state index in [1.807, 2.05) is 11.3 Å². The molecule has 14 heavy (non-hydrogen) atoms. The van der Waals surface area contributed by atoms with Crippen molar-refractivity contribution < 1.29 is 0 Å². The number of aryl methyl sites for hydroxylation is 1. The van der Waals surface area contributed by atoms with Gasteiger partial charge in [0.25, 0.3) is 0 Å². The molecule has 0 bridgehead atoms. The average Bonchev–Trinajstić information content (AvgIpc) is 2.68. The molecule has 0 spiro atoms. The molecule has 1 fully saturated rings. The third-order valence-electron chi connectivity index (χ3n) is 2.53. The number of nitrogens with zero attached hydrogens (tertiary/aromatic N) is 1. The van der Waals surface area contributed by atoms with Crippen LogP contribution in [0.15, 0.2) is 5.38 Å². The lowest BCUT2D eigenvalue weighted by Crippen LogP contribution is -2.01. The number of hydrogen-bond donors (Lipinski definition) is 0. The van der Waals surface area contributed by atoms with Gasteiger partial charge in [-0.05, 0) is 25.0 Å². The third kappa shape index (κ3) is 2.51. The zero-order valence-electron chi connectivity index (χ0n) is 8.66. The zero-order chi connectivity index (χ0) is 9.80. The van der Waals surface area contributed by atoms with Gasteiger partial charge >= 0.3 is 0 Å². The molecule has 1 nitrogen and oxygen atoms in total. The Balaban J connectivity index is 2.00. The fourth-order valence-corrected chi connectivity index (χ4v) is 4.20. The normalized spacial score (nSPS) is 22.5. The average molecular weight is 227 g/mol. The van der Waals surface area contributed by atoms with E-state index in [0.717, 1.165) is 6.42 Å². The van der Waals surface area contributed by atoms with Gasteiger partial charge in [-0.15, -0.1) is 11.3 Å². The highest BCUT2D eigenvalue weighted by Gasteiger charge is 2.18. The van der Waals surface area contributed by atoms with Crippen molar-refractivity contribution in [1.29, 1.82) is 0 Å². The number of aromatic nitrogens is 1. The summed E-state index contributed by atoms with van der Waals surface area (Å²) in [5.41, 5.74) is 1.30. The first kappa shape index (κ1) is 10.5. The summed E-state index contributed by atoms with van der Waals surface area (Å²) < 4.78 is 0. The van der Waals surface area contributed by atoms with Crippen LogP contribution in [0.1, 0.15) is 48.6 Å². The van der Waals surface area contributed by atoms with E-state index in [0.29, 0.717) is 5.25 Å². The van der Waals surface area contributed by atoms with Crippen LogP contribution in [-0.2, 0) is 6.42 Å². The number of hydrogen-bond acceptors (Lipinski definition) is 3. The molecule has 1 aliphatic heterocycles. The van der Waals surface area contributed by atoms with Gasteiger partial charge in [-0.2, -0.15) is 11.8 Å². The lowest BCUT2D eigenvalue weighted by Gasteiger charge is -2.18. The molecule has 1 unspecified atom stereocenters. The van der Waals surface area contributed by atoms with Gasteiger partial charge in [0.15, 0.2) is 0 Å². The first-order valence-electron chi connectivity index (χ1n) is 5.46. The van der Waals surface area contributed by atoms with Crippen LogP contribution in [0.5, 0.6) is 0 Å². The lowest BCUT2D eigenvalue weighted by atomic mass is 10.2. The molecule has 78 valence electrons. The Morgan fingerprint density at radius 3 is 3.14 bits per heavy atom. The minimum Gasteiger partial charge on any atom is -0.245 e. The second kappa shape index (κ2) is 5.17. The summed E-state index contributed by atoms with van der Waals surface area (Å²) in [5, 5.41) is 4.33. The Labute approximate surface area is 94.3 Å². The Morgan fingerprint density at radius 1 is 1.50 bits per heavy atom. The summed E-state index contributed by atoms with van der Waals surface area (Å²) in [7, 11) is 0. The van der Waals surface area contributed by atoms with Crippen molar-refractivity contribution in [3.63, 3.8) is 0 Å². The molecule has 0 radical (unpaired) electrons. The summed E-state index contributed by atoms with van der Waals surface area (Å²) in [6, 6.07) is 0. The monoisotopic (exact) mass is 227 g/mol. The van der Waals surface area contributed by atoms with Crippen LogP contribution in [0.25, 0.3) is 0 Å². The molecule has 1 saturated heterocycles. The fourth-order valence-electron chi connectivity index (χ4n) is 1.78. The fraction of sp³-hybridized carbons (Fsp3) is 0.727. The molecule has 3 heteroatoms. The predicted molar refractivity (Wildman–Crippen MR) is 65.2 cm³/mol. The quantitative estimate of drug-likeness (QED) is 0.772. The first-order valence-corrected chi connectivity index (χ1v) is 7.39. The van der Waals surface area contributed by atoms with Crippen molar-refractivity contribution in [1.82, 2.24) is 4.98 Å². The van der Waals surface area contributed by atoms with Crippen molar-refractivity contribution in [2.75, 3.05) is 5.75 Å². The molecular weight excluding hydrogens is 210 g/mol. The van der Waals surface area contributed by atoms with E-state index in [1.165, 1.54) is 42.1 Å². The number of thioether (sulfide) groups is 1. The SMILES string of the molecule is CCCc1csc(C2CCCCS2)n1. The summed E-state index contributed by atoms with van der Waals surface area (Å²) in [6.07, 6.45) is 6.48. The molecule has 1 aliphatic rings. The second-order valence-corrected chi connectivity index (χ2v) is 5.98. The summed E-state index contributed by atoms with van der Waals surface area (Å²) in [6.45, 7) is 2.22.